The van der Waals surface area contributed by atoms with E-state index < -0.39 is 5.97 Å². The number of hydrogen-bond acceptors (Lipinski definition) is 4. The molecule has 0 saturated heterocycles. The van der Waals surface area contributed by atoms with Crippen molar-refractivity contribution in [3.8, 4) is 5.75 Å². The van der Waals surface area contributed by atoms with Gasteiger partial charge in [-0.1, -0.05) is 0 Å². The second-order valence-electron chi connectivity index (χ2n) is 4.63. The minimum absolute atomic E-state index is 0.268. The SMILES string of the molecule is Cc1cc(SCCCOc2ccc(C(=O)O)cc2)n(C)n1. The number of nitrogens with zero attached hydrogens (tertiary/aromatic N) is 2. The fourth-order valence-corrected chi connectivity index (χ4v) is 2.79. The Hall–Kier alpha value is -1.95. The number of rotatable bonds is 7. The first kappa shape index (κ1) is 15.4. The van der Waals surface area contributed by atoms with Crippen molar-refractivity contribution in [2.45, 2.75) is 18.4 Å². The Bertz CT molecular complexity index is 608. The van der Waals surface area contributed by atoms with Crippen LogP contribution in [-0.2, 0) is 7.05 Å². The molecule has 0 saturated carbocycles. The van der Waals surface area contributed by atoms with E-state index in [4.69, 9.17) is 9.84 Å². The van der Waals surface area contributed by atoms with Gasteiger partial charge in [0.2, 0.25) is 0 Å². The van der Waals surface area contributed by atoms with Crippen LogP contribution in [0.4, 0.5) is 0 Å². The van der Waals surface area contributed by atoms with Crippen molar-refractivity contribution in [3.63, 3.8) is 0 Å². The van der Waals surface area contributed by atoms with Gasteiger partial charge in [0.1, 0.15) is 5.75 Å². The Kier molecular flexibility index (Phi) is 5.27. The summed E-state index contributed by atoms with van der Waals surface area (Å²) in [7, 11) is 1.94. The largest absolute Gasteiger partial charge is 0.494 e. The molecule has 0 radical (unpaired) electrons. The Morgan fingerprint density at radius 1 is 1.38 bits per heavy atom. The van der Waals surface area contributed by atoms with E-state index in [-0.39, 0.29) is 5.56 Å². The van der Waals surface area contributed by atoms with Crippen molar-refractivity contribution >= 4 is 17.7 Å². The maximum absolute atomic E-state index is 10.7. The van der Waals surface area contributed by atoms with Gasteiger partial charge in [0.25, 0.3) is 0 Å². The van der Waals surface area contributed by atoms with Crippen LogP contribution in [0.1, 0.15) is 22.5 Å². The van der Waals surface area contributed by atoms with Crippen molar-refractivity contribution in [1.29, 1.82) is 0 Å². The second-order valence-corrected chi connectivity index (χ2v) is 5.74. The Morgan fingerprint density at radius 2 is 2.10 bits per heavy atom. The first-order chi connectivity index (χ1) is 10.1. The van der Waals surface area contributed by atoms with Crippen LogP contribution >= 0.6 is 11.8 Å². The van der Waals surface area contributed by atoms with Crippen LogP contribution in [0, 0.1) is 6.92 Å². The summed E-state index contributed by atoms with van der Waals surface area (Å²) in [6.45, 7) is 2.59. The highest BCUT2D eigenvalue weighted by Crippen LogP contribution is 2.19. The molecular weight excluding hydrogens is 288 g/mol. The zero-order valence-corrected chi connectivity index (χ0v) is 12.9. The molecule has 0 fully saturated rings. The Balaban J connectivity index is 1.70. The fraction of sp³-hybridized carbons (Fsp3) is 0.333. The zero-order valence-electron chi connectivity index (χ0n) is 12.1. The number of aromatic carboxylic acids is 1. The summed E-state index contributed by atoms with van der Waals surface area (Å²) >= 11 is 1.75. The number of hydrogen-bond donors (Lipinski definition) is 1. The van der Waals surface area contributed by atoms with Gasteiger partial charge in [-0.2, -0.15) is 5.10 Å². The van der Waals surface area contributed by atoms with E-state index in [0.29, 0.717) is 12.4 Å². The third kappa shape index (κ3) is 4.53. The van der Waals surface area contributed by atoms with E-state index in [0.717, 1.165) is 22.9 Å². The molecule has 2 rings (SSSR count). The van der Waals surface area contributed by atoms with Crippen LogP contribution in [0.25, 0.3) is 0 Å². The molecule has 0 spiro atoms. The van der Waals surface area contributed by atoms with Gasteiger partial charge in [-0.05, 0) is 43.7 Å². The summed E-state index contributed by atoms with van der Waals surface area (Å²) in [6.07, 6.45) is 0.912. The molecule has 1 aromatic heterocycles. The second kappa shape index (κ2) is 7.17. The molecule has 112 valence electrons. The first-order valence-corrected chi connectivity index (χ1v) is 7.64. The lowest BCUT2D eigenvalue weighted by molar-refractivity contribution is 0.0697. The highest BCUT2D eigenvalue weighted by atomic mass is 32.2. The van der Waals surface area contributed by atoms with Gasteiger partial charge < -0.3 is 9.84 Å². The average Bonchev–Trinajstić information content (AvgIpc) is 2.77. The predicted molar refractivity (Wildman–Crippen MR) is 82.2 cm³/mol. The molecular formula is C15H18N2O3S. The van der Waals surface area contributed by atoms with Crippen molar-refractivity contribution in [2.24, 2.45) is 7.05 Å². The minimum Gasteiger partial charge on any atom is -0.494 e. The van der Waals surface area contributed by atoms with Gasteiger partial charge in [0.15, 0.2) is 0 Å². The maximum Gasteiger partial charge on any atom is 0.335 e. The molecule has 1 N–H and O–H groups in total. The van der Waals surface area contributed by atoms with E-state index in [1.807, 2.05) is 18.7 Å². The molecule has 0 aliphatic carbocycles. The van der Waals surface area contributed by atoms with E-state index in [1.165, 1.54) is 0 Å². The molecule has 0 atom stereocenters. The van der Waals surface area contributed by atoms with Gasteiger partial charge in [-0.3, -0.25) is 4.68 Å². The highest BCUT2D eigenvalue weighted by molar-refractivity contribution is 7.99. The topological polar surface area (TPSA) is 64.3 Å². The Morgan fingerprint density at radius 3 is 2.67 bits per heavy atom. The summed E-state index contributed by atoms with van der Waals surface area (Å²) in [5.41, 5.74) is 1.29. The lowest BCUT2D eigenvalue weighted by atomic mass is 10.2. The van der Waals surface area contributed by atoms with Gasteiger partial charge in [-0.15, -0.1) is 11.8 Å². The van der Waals surface area contributed by atoms with Crippen LogP contribution in [0.5, 0.6) is 5.75 Å². The van der Waals surface area contributed by atoms with Crippen LogP contribution in [-0.4, -0.2) is 33.2 Å². The number of carboxylic acids is 1. The molecule has 0 bridgehead atoms. The number of aryl methyl sites for hydroxylation is 2. The minimum atomic E-state index is -0.926. The standard InChI is InChI=1S/C15H18N2O3S/c1-11-10-14(17(2)16-11)21-9-3-8-20-13-6-4-12(5-7-13)15(18)19/h4-7,10H,3,8-9H2,1-2H3,(H,18,19). The predicted octanol–water partition coefficient (Wildman–Crippen LogP) is 2.99. The summed E-state index contributed by atoms with van der Waals surface area (Å²) in [4.78, 5) is 10.7. The Labute approximate surface area is 127 Å². The van der Waals surface area contributed by atoms with Gasteiger partial charge >= 0.3 is 5.97 Å². The molecule has 21 heavy (non-hydrogen) atoms. The van der Waals surface area contributed by atoms with Gasteiger partial charge in [0, 0.05) is 12.8 Å². The number of carbonyl (C=O) groups is 1. The molecule has 0 unspecified atom stereocenters. The third-order valence-corrected chi connectivity index (χ3v) is 4.04. The molecule has 0 amide bonds. The average molecular weight is 306 g/mol. The molecule has 2 aromatic rings. The van der Waals surface area contributed by atoms with E-state index >= 15 is 0 Å². The fourth-order valence-electron chi connectivity index (χ4n) is 1.84. The summed E-state index contributed by atoms with van der Waals surface area (Å²) < 4.78 is 7.47. The van der Waals surface area contributed by atoms with E-state index in [2.05, 4.69) is 11.2 Å². The highest BCUT2D eigenvalue weighted by Gasteiger charge is 2.03. The van der Waals surface area contributed by atoms with Crippen molar-refractivity contribution < 1.29 is 14.6 Å². The van der Waals surface area contributed by atoms with Crippen molar-refractivity contribution in [3.05, 3.63) is 41.6 Å². The number of ether oxygens (including phenoxy) is 1. The molecule has 6 heteroatoms. The summed E-state index contributed by atoms with van der Waals surface area (Å²) in [5, 5.41) is 14.3. The lowest BCUT2D eigenvalue weighted by Crippen LogP contribution is -2.00. The molecule has 1 aromatic carbocycles. The third-order valence-electron chi connectivity index (χ3n) is 2.87. The smallest absolute Gasteiger partial charge is 0.335 e. The number of carboxylic acid groups (broad SMARTS) is 1. The van der Waals surface area contributed by atoms with E-state index in [9.17, 15) is 4.79 Å². The number of thioether (sulfide) groups is 1. The normalized spacial score (nSPS) is 10.6. The number of benzene rings is 1. The van der Waals surface area contributed by atoms with Crippen LogP contribution in [0.15, 0.2) is 35.4 Å². The lowest BCUT2D eigenvalue weighted by Gasteiger charge is -2.06. The monoisotopic (exact) mass is 306 g/mol. The molecule has 5 nitrogen and oxygen atoms in total. The zero-order chi connectivity index (χ0) is 15.2. The molecule has 0 aliphatic heterocycles. The van der Waals surface area contributed by atoms with Crippen LogP contribution in [0.2, 0.25) is 0 Å². The van der Waals surface area contributed by atoms with Crippen LogP contribution in [0.3, 0.4) is 0 Å². The molecule has 1 heterocycles. The van der Waals surface area contributed by atoms with Gasteiger partial charge in [0.05, 0.1) is 22.9 Å². The molecule has 0 aliphatic rings. The van der Waals surface area contributed by atoms with Crippen molar-refractivity contribution in [2.75, 3.05) is 12.4 Å². The summed E-state index contributed by atoms with van der Waals surface area (Å²) in [6, 6.07) is 8.52. The first-order valence-electron chi connectivity index (χ1n) is 6.66. The van der Waals surface area contributed by atoms with Crippen LogP contribution < -0.4 is 4.74 Å². The van der Waals surface area contributed by atoms with Crippen molar-refractivity contribution in [1.82, 2.24) is 9.78 Å². The maximum atomic E-state index is 10.7. The van der Waals surface area contributed by atoms with Gasteiger partial charge in [-0.25, -0.2) is 4.79 Å². The quantitative estimate of drug-likeness (QED) is 0.629. The number of aromatic nitrogens is 2. The van der Waals surface area contributed by atoms with E-state index in [1.54, 1.807) is 36.0 Å². The summed E-state index contributed by atoms with van der Waals surface area (Å²) in [5.74, 6) is 0.720.